The zero-order chi connectivity index (χ0) is 11.1. The third-order valence-electron chi connectivity index (χ3n) is 2.03. The summed E-state index contributed by atoms with van der Waals surface area (Å²) < 4.78 is 5.01. The van der Waals surface area contributed by atoms with Gasteiger partial charge < -0.3 is 4.52 Å². The van der Waals surface area contributed by atoms with Crippen LogP contribution in [0.25, 0.3) is 0 Å². The molecule has 0 fully saturated rings. The molecule has 4 nitrogen and oxygen atoms in total. The number of nitrogens with zero attached hydrogens (tertiary/aromatic N) is 3. The maximum Gasteiger partial charge on any atom is 0.227 e. The van der Waals surface area contributed by atoms with Crippen LogP contribution in [-0.2, 0) is 12.2 Å². The van der Waals surface area contributed by atoms with Crippen LogP contribution in [0.15, 0.2) is 4.52 Å². The highest BCUT2D eigenvalue weighted by Crippen LogP contribution is 2.18. The molecular weight excluding hydrogens is 210 g/mol. The topological polar surface area (TPSA) is 62.7 Å². The Morgan fingerprint density at radius 2 is 2.40 bits per heavy atom. The SMILES string of the molecule is CCC(C)SCc1noc(CCC#N)n1. The van der Waals surface area contributed by atoms with Crippen molar-refractivity contribution in [3.8, 4) is 6.07 Å². The lowest BCUT2D eigenvalue weighted by molar-refractivity contribution is 0.375. The summed E-state index contributed by atoms with van der Waals surface area (Å²) in [4.78, 5) is 4.20. The zero-order valence-electron chi connectivity index (χ0n) is 9.06. The molecule has 1 aromatic heterocycles. The predicted octanol–water partition coefficient (Wildman–Crippen LogP) is 2.56. The fourth-order valence-electron chi connectivity index (χ4n) is 0.948. The molecule has 0 aliphatic carbocycles. The molecule has 0 saturated carbocycles. The number of aromatic nitrogens is 2. The Morgan fingerprint density at radius 1 is 1.60 bits per heavy atom. The third-order valence-corrected chi connectivity index (χ3v) is 3.36. The number of thioether (sulfide) groups is 1. The normalized spacial score (nSPS) is 12.3. The molecule has 82 valence electrons. The summed E-state index contributed by atoms with van der Waals surface area (Å²) in [5, 5.41) is 12.9. The van der Waals surface area contributed by atoms with E-state index in [0.29, 0.717) is 24.0 Å². The largest absolute Gasteiger partial charge is 0.339 e. The molecule has 0 bridgehead atoms. The van der Waals surface area contributed by atoms with Crippen LogP contribution >= 0.6 is 11.8 Å². The van der Waals surface area contributed by atoms with Gasteiger partial charge in [0, 0.05) is 18.1 Å². The van der Waals surface area contributed by atoms with Gasteiger partial charge in [0.25, 0.3) is 0 Å². The monoisotopic (exact) mass is 225 g/mol. The highest BCUT2D eigenvalue weighted by molar-refractivity contribution is 7.99. The maximum atomic E-state index is 8.40. The first-order chi connectivity index (χ1) is 7.26. The molecule has 1 rings (SSSR count). The molecule has 0 saturated heterocycles. The average molecular weight is 225 g/mol. The lowest BCUT2D eigenvalue weighted by Crippen LogP contribution is -1.95. The van der Waals surface area contributed by atoms with Gasteiger partial charge >= 0.3 is 0 Å². The molecule has 0 N–H and O–H groups in total. The molecule has 0 aliphatic heterocycles. The van der Waals surface area contributed by atoms with Gasteiger partial charge in [0.1, 0.15) is 0 Å². The highest BCUT2D eigenvalue weighted by Gasteiger charge is 2.07. The number of hydrogen-bond donors (Lipinski definition) is 0. The molecule has 0 spiro atoms. The van der Waals surface area contributed by atoms with Gasteiger partial charge in [0.05, 0.1) is 11.8 Å². The van der Waals surface area contributed by atoms with Crippen molar-refractivity contribution in [2.75, 3.05) is 0 Å². The Labute approximate surface area is 94.1 Å². The van der Waals surface area contributed by atoms with Crippen LogP contribution in [0.4, 0.5) is 0 Å². The number of nitriles is 1. The lowest BCUT2D eigenvalue weighted by atomic mass is 10.3. The summed E-state index contributed by atoms with van der Waals surface area (Å²) in [6.07, 6.45) is 2.13. The second-order valence-corrected chi connectivity index (χ2v) is 4.72. The van der Waals surface area contributed by atoms with Gasteiger partial charge in [-0.1, -0.05) is 19.0 Å². The van der Waals surface area contributed by atoms with E-state index in [1.165, 1.54) is 0 Å². The lowest BCUT2D eigenvalue weighted by Gasteiger charge is -2.04. The molecule has 0 amide bonds. The van der Waals surface area contributed by atoms with Crippen molar-refractivity contribution < 1.29 is 4.52 Å². The van der Waals surface area contributed by atoms with Gasteiger partial charge in [-0.3, -0.25) is 0 Å². The predicted molar refractivity (Wildman–Crippen MR) is 59.3 cm³/mol. The van der Waals surface area contributed by atoms with Crippen LogP contribution in [0.5, 0.6) is 0 Å². The van der Waals surface area contributed by atoms with E-state index >= 15 is 0 Å². The Morgan fingerprint density at radius 3 is 3.07 bits per heavy atom. The van der Waals surface area contributed by atoms with Crippen molar-refractivity contribution in [1.29, 1.82) is 5.26 Å². The molecule has 1 heterocycles. The Bertz CT molecular complexity index is 332. The van der Waals surface area contributed by atoms with Crippen molar-refractivity contribution in [1.82, 2.24) is 10.1 Å². The second-order valence-electron chi connectivity index (χ2n) is 3.29. The summed E-state index contributed by atoms with van der Waals surface area (Å²) in [6.45, 7) is 4.34. The Balaban J connectivity index is 2.36. The minimum atomic E-state index is 0.431. The minimum absolute atomic E-state index is 0.431. The standard InChI is InChI=1S/C10H15N3OS/c1-3-8(2)15-7-9-12-10(14-13-9)5-4-6-11/h8H,3-5,7H2,1-2H3. The first-order valence-corrected chi connectivity index (χ1v) is 6.11. The van der Waals surface area contributed by atoms with Crippen LogP contribution in [-0.4, -0.2) is 15.4 Å². The van der Waals surface area contributed by atoms with Crippen molar-refractivity contribution in [2.45, 2.75) is 44.1 Å². The maximum absolute atomic E-state index is 8.40. The van der Waals surface area contributed by atoms with Crippen LogP contribution in [0.2, 0.25) is 0 Å². The highest BCUT2D eigenvalue weighted by atomic mass is 32.2. The first kappa shape index (κ1) is 12.1. The van der Waals surface area contributed by atoms with E-state index < -0.39 is 0 Å². The quantitative estimate of drug-likeness (QED) is 0.744. The van der Waals surface area contributed by atoms with Gasteiger partial charge in [-0.25, -0.2) is 0 Å². The van der Waals surface area contributed by atoms with E-state index in [4.69, 9.17) is 9.78 Å². The van der Waals surface area contributed by atoms with Crippen LogP contribution in [0.3, 0.4) is 0 Å². The van der Waals surface area contributed by atoms with Crippen LogP contribution < -0.4 is 0 Å². The van der Waals surface area contributed by atoms with Gasteiger partial charge in [0.2, 0.25) is 5.89 Å². The van der Waals surface area contributed by atoms with E-state index in [0.717, 1.165) is 18.0 Å². The molecule has 0 aliphatic rings. The van der Waals surface area contributed by atoms with Crippen molar-refractivity contribution in [3.05, 3.63) is 11.7 Å². The molecule has 0 radical (unpaired) electrons. The molecule has 1 unspecified atom stereocenters. The Hall–Kier alpha value is -1.02. The zero-order valence-corrected chi connectivity index (χ0v) is 9.88. The average Bonchev–Trinajstić information content (AvgIpc) is 2.71. The summed E-state index contributed by atoms with van der Waals surface area (Å²) >= 11 is 1.82. The molecule has 5 heteroatoms. The van der Waals surface area contributed by atoms with E-state index in [1.807, 2.05) is 11.8 Å². The third kappa shape index (κ3) is 4.34. The number of aryl methyl sites for hydroxylation is 1. The fraction of sp³-hybridized carbons (Fsp3) is 0.700. The van der Waals surface area contributed by atoms with Crippen LogP contribution in [0.1, 0.15) is 38.4 Å². The van der Waals surface area contributed by atoms with Crippen LogP contribution in [0, 0.1) is 11.3 Å². The van der Waals surface area contributed by atoms with Gasteiger partial charge in [0.15, 0.2) is 5.82 Å². The van der Waals surface area contributed by atoms with Crippen molar-refractivity contribution in [2.24, 2.45) is 0 Å². The number of rotatable bonds is 6. The summed E-state index contributed by atoms with van der Waals surface area (Å²) in [5.41, 5.74) is 0. The van der Waals surface area contributed by atoms with E-state index in [-0.39, 0.29) is 0 Å². The van der Waals surface area contributed by atoms with Gasteiger partial charge in [-0.2, -0.15) is 22.0 Å². The fourth-order valence-corrected chi connectivity index (χ4v) is 1.73. The van der Waals surface area contributed by atoms with Gasteiger partial charge in [-0.15, -0.1) is 0 Å². The summed E-state index contributed by atoms with van der Waals surface area (Å²) in [5.74, 6) is 2.08. The van der Waals surface area contributed by atoms with Gasteiger partial charge in [-0.05, 0) is 6.42 Å². The van der Waals surface area contributed by atoms with Crippen molar-refractivity contribution >= 4 is 11.8 Å². The molecule has 1 aromatic rings. The molecule has 15 heavy (non-hydrogen) atoms. The Kier molecular flexibility index (Phi) is 5.19. The molecule has 0 aromatic carbocycles. The van der Waals surface area contributed by atoms with E-state index in [1.54, 1.807) is 0 Å². The summed E-state index contributed by atoms with van der Waals surface area (Å²) in [6, 6.07) is 2.05. The molecular formula is C10H15N3OS. The van der Waals surface area contributed by atoms with Crippen molar-refractivity contribution in [3.63, 3.8) is 0 Å². The minimum Gasteiger partial charge on any atom is -0.339 e. The molecule has 1 atom stereocenters. The number of hydrogen-bond acceptors (Lipinski definition) is 5. The van der Waals surface area contributed by atoms with E-state index in [2.05, 4.69) is 30.1 Å². The first-order valence-electron chi connectivity index (χ1n) is 5.06. The smallest absolute Gasteiger partial charge is 0.227 e. The summed E-state index contributed by atoms with van der Waals surface area (Å²) in [7, 11) is 0. The van der Waals surface area contributed by atoms with E-state index in [9.17, 15) is 0 Å². The second kappa shape index (κ2) is 6.46.